The molecule has 0 N–H and O–H groups in total. The second-order valence-corrected chi connectivity index (χ2v) is 2.65. The lowest BCUT2D eigenvalue weighted by Gasteiger charge is -2.08. The van der Waals surface area contributed by atoms with Crippen molar-refractivity contribution in [2.75, 3.05) is 0 Å². The Bertz CT molecular complexity index is 334. The maximum absolute atomic E-state index is 12.6. The molecule has 0 spiro atoms. The first-order valence-corrected chi connectivity index (χ1v) is 3.44. The van der Waals surface area contributed by atoms with Crippen molar-refractivity contribution in [3.05, 3.63) is 34.4 Å². The molecule has 0 aromatic heterocycles. The molecule has 0 saturated carbocycles. The number of alkyl halides is 2. The van der Waals surface area contributed by atoms with E-state index in [1.165, 1.54) is 0 Å². The Hall–Kier alpha value is -0.810. The van der Waals surface area contributed by atoms with Gasteiger partial charge in [-0.3, -0.25) is 0 Å². The van der Waals surface area contributed by atoms with Gasteiger partial charge in [0.15, 0.2) is 11.6 Å². The molecule has 0 heterocycles. The monoisotopic (exact) mass is 213 g/mol. The summed E-state index contributed by atoms with van der Waals surface area (Å²) in [6, 6.07) is 1.15. The molecule has 0 aliphatic rings. The summed E-state index contributed by atoms with van der Waals surface area (Å²) < 4.78 is 49.2. The fraction of sp³-hybridized carbons (Fsp3) is 0.143. The third-order valence-electron chi connectivity index (χ3n) is 1.35. The van der Waals surface area contributed by atoms with Crippen LogP contribution in [0.2, 0.25) is 5.02 Å². The molecule has 0 aliphatic carbocycles. The van der Waals surface area contributed by atoms with Crippen LogP contribution in [-0.2, 0) is 11.2 Å². The lowest BCUT2D eigenvalue weighted by atomic mass is 10.2. The van der Waals surface area contributed by atoms with Crippen LogP contribution in [0.1, 0.15) is 5.56 Å². The summed E-state index contributed by atoms with van der Waals surface area (Å²) in [7, 11) is 0. The highest BCUT2D eigenvalue weighted by Gasteiger charge is 2.35. The average molecular weight is 214 g/mol. The molecule has 6 heteroatoms. The van der Waals surface area contributed by atoms with Gasteiger partial charge < -0.3 is 0 Å². The Balaban J connectivity index is 3.35. The van der Waals surface area contributed by atoms with Gasteiger partial charge in [0.2, 0.25) is 0 Å². The zero-order valence-electron chi connectivity index (χ0n) is 5.95. The summed E-state index contributed by atoms with van der Waals surface area (Å²) >= 11 is 5.07. The molecule has 1 rings (SSSR count). The standard InChI is InChI=1S/C7H2ClF4O/c8-4-2-1-3(7(11,12)13)5(9)6(4)10/h1-2H. The molecular weight excluding hydrogens is 212 g/mol. The van der Waals surface area contributed by atoms with Crippen molar-refractivity contribution in [3.8, 4) is 0 Å². The summed E-state index contributed by atoms with van der Waals surface area (Å²) in [6.45, 7) is 0. The highest BCUT2D eigenvalue weighted by molar-refractivity contribution is 6.30. The van der Waals surface area contributed by atoms with E-state index in [1.807, 2.05) is 0 Å². The van der Waals surface area contributed by atoms with E-state index in [-0.39, 0.29) is 0 Å². The third-order valence-corrected chi connectivity index (χ3v) is 1.64. The van der Waals surface area contributed by atoms with Crippen molar-refractivity contribution < 1.29 is 22.7 Å². The largest absolute Gasteiger partial charge is 0.411 e. The second-order valence-electron chi connectivity index (χ2n) is 2.24. The van der Waals surface area contributed by atoms with Crippen LogP contribution < -0.4 is 0 Å². The number of hydrogen-bond donors (Lipinski definition) is 0. The molecule has 0 atom stereocenters. The molecule has 0 amide bonds. The summed E-state index contributed by atoms with van der Waals surface area (Å²) in [5.74, 6) is -3.55. The van der Waals surface area contributed by atoms with Crippen molar-refractivity contribution in [2.24, 2.45) is 0 Å². The Morgan fingerprint density at radius 3 is 2.15 bits per heavy atom. The Labute approximate surface area is 75.6 Å². The third kappa shape index (κ3) is 1.92. The molecule has 0 unspecified atom stereocenters. The lowest BCUT2D eigenvalue weighted by Crippen LogP contribution is -2.13. The van der Waals surface area contributed by atoms with Crippen LogP contribution in [0.5, 0.6) is 0 Å². The van der Waals surface area contributed by atoms with Crippen LogP contribution in [0.4, 0.5) is 17.6 Å². The SMILES string of the molecule is [O]C(F)(F)c1ccc(Cl)c(F)c1F. The van der Waals surface area contributed by atoms with Crippen LogP contribution in [-0.4, -0.2) is 0 Å². The van der Waals surface area contributed by atoms with E-state index in [1.54, 1.807) is 0 Å². The van der Waals surface area contributed by atoms with Gasteiger partial charge in [0.1, 0.15) is 0 Å². The van der Waals surface area contributed by atoms with E-state index in [4.69, 9.17) is 11.6 Å². The Morgan fingerprint density at radius 1 is 1.15 bits per heavy atom. The van der Waals surface area contributed by atoms with E-state index >= 15 is 0 Å². The fourth-order valence-corrected chi connectivity index (χ4v) is 0.897. The van der Waals surface area contributed by atoms with Gasteiger partial charge in [-0.1, -0.05) is 11.6 Å². The van der Waals surface area contributed by atoms with Gasteiger partial charge in [0, 0.05) is 0 Å². The normalized spacial score (nSPS) is 11.8. The maximum Gasteiger partial charge on any atom is 0.411 e. The van der Waals surface area contributed by atoms with Gasteiger partial charge in [0.25, 0.3) is 0 Å². The van der Waals surface area contributed by atoms with Gasteiger partial charge in [-0.2, -0.15) is 13.9 Å². The van der Waals surface area contributed by atoms with Crippen molar-refractivity contribution in [1.29, 1.82) is 0 Å². The van der Waals surface area contributed by atoms with E-state index in [9.17, 15) is 22.7 Å². The van der Waals surface area contributed by atoms with Crippen LogP contribution >= 0.6 is 11.6 Å². The van der Waals surface area contributed by atoms with Gasteiger partial charge in [-0.15, -0.1) is 0 Å². The highest BCUT2D eigenvalue weighted by atomic mass is 35.5. The highest BCUT2D eigenvalue weighted by Crippen LogP contribution is 2.31. The summed E-state index contributed by atoms with van der Waals surface area (Å²) in [5, 5.41) is 9.36. The van der Waals surface area contributed by atoms with Crippen molar-refractivity contribution in [2.45, 2.75) is 6.11 Å². The molecule has 71 valence electrons. The Morgan fingerprint density at radius 2 is 1.69 bits per heavy atom. The van der Waals surface area contributed by atoms with E-state index in [2.05, 4.69) is 0 Å². The van der Waals surface area contributed by atoms with E-state index < -0.39 is 28.3 Å². The minimum absolute atomic E-state index is 0.452. The van der Waals surface area contributed by atoms with Crippen molar-refractivity contribution in [1.82, 2.24) is 0 Å². The first kappa shape index (κ1) is 10.3. The fourth-order valence-electron chi connectivity index (χ4n) is 0.751. The predicted molar refractivity (Wildman–Crippen MR) is 35.9 cm³/mol. The number of halogens is 5. The van der Waals surface area contributed by atoms with Crippen LogP contribution in [0.15, 0.2) is 12.1 Å². The molecule has 13 heavy (non-hydrogen) atoms. The Kier molecular flexibility index (Phi) is 2.49. The number of rotatable bonds is 1. The zero-order chi connectivity index (χ0) is 10.2. The molecule has 1 aromatic carbocycles. The summed E-state index contributed by atoms with van der Waals surface area (Å²) in [5.41, 5.74) is -1.55. The number of hydrogen-bond acceptors (Lipinski definition) is 0. The van der Waals surface area contributed by atoms with Gasteiger partial charge in [-0.05, 0) is 12.1 Å². The quantitative estimate of drug-likeness (QED) is 0.505. The molecular formula is C7H2ClF4O. The molecule has 0 saturated heterocycles. The lowest BCUT2D eigenvalue weighted by molar-refractivity contribution is -0.254. The maximum atomic E-state index is 12.6. The van der Waals surface area contributed by atoms with Crippen molar-refractivity contribution in [3.63, 3.8) is 0 Å². The number of benzene rings is 1. The molecule has 1 aromatic rings. The minimum atomic E-state index is -4.66. The first-order valence-electron chi connectivity index (χ1n) is 3.06. The first-order chi connectivity index (χ1) is 5.84. The summed E-state index contributed by atoms with van der Waals surface area (Å²) in [6.07, 6.45) is -4.66. The minimum Gasteiger partial charge on any atom is -0.203 e. The predicted octanol–water partition coefficient (Wildman–Crippen LogP) is 3.10. The average Bonchev–Trinajstić information content (AvgIpc) is 1.98. The van der Waals surface area contributed by atoms with E-state index in [0.717, 1.165) is 0 Å². The molecule has 0 fully saturated rings. The smallest absolute Gasteiger partial charge is 0.203 e. The second kappa shape index (κ2) is 3.16. The zero-order valence-corrected chi connectivity index (χ0v) is 6.71. The molecule has 1 nitrogen and oxygen atoms in total. The topological polar surface area (TPSA) is 19.9 Å². The summed E-state index contributed by atoms with van der Waals surface area (Å²) in [4.78, 5) is 0. The van der Waals surface area contributed by atoms with Crippen LogP contribution in [0.25, 0.3) is 0 Å². The van der Waals surface area contributed by atoms with Crippen molar-refractivity contribution >= 4 is 11.6 Å². The van der Waals surface area contributed by atoms with Gasteiger partial charge >= 0.3 is 6.11 Å². The molecule has 0 bridgehead atoms. The van der Waals surface area contributed by atoms with Crippen LogP contribution in [0, 0.1) is 11.6 Å². The van der Waals surface area contributed by atoms with Gasteiger partial charge in [0.05, 0.1) is 10.6 Å². The molecule has 0 aliphatic heterocycles. The van der Waals surface area contributed by atoms with Gasteiger partial charge in [-0.25, -0.2) is 8.78 Å². The van der Waals surface area contributed by atoms with Crippen LogP contribution in [0.3, 0.4) is 0 Å². The molecule has 1 radical (unpaired) electrons. The van der Waals surface area contributed by atoms with E-state index in [0.29, 0.717) is 12.1 Å².